The van der Waals surface area contributed by atoms with E-state index in [4.69, 9.17) is 13.6 Å². The zero-order valence-electron chi connectivity index (χ0n) is 20.3. The van der Waals surface area contributed by atoms with Crippen LogP contribution < -0.4 is 37.9 Å². The van der Waals surface area contributed by atoms with Crippen LogP contribution in [-0.2, 0) is 0 Å². The van der Waals surface area contributed by atoms with Crippen LogP contribution in [0.4, 0.5) is 0 Å². The maximum Gasteiger partial charge on any atom is 0.295 e. The molecular weight excluding hydrogens is 468 g/mol. The Morgan fingerprint density at radius 2 is 1.24 bits per heavy atom. The predicted octanol–water partition coefficient (Wildman–Crippen LogP) is 3.42. The Morgan fingerprint density at radius 3 is 2.05 bits per heavy atom. The standard InChI is InChI=1S/C32H19B2NO3/c1-3-12-26-20(8-1)21-9-5-11-23-32(21)35(26)27-18-25-29(19-24(27)34(23)31-15-7-17-37-31)38-28-13-4-2-10-22(28)33(25)30-14-6-16-36-30/h1-19H. The van der Waals surface area contributed by atoms with Gasteiger partial charge in [0.2, 0.25) is 0 Å². The number of fused-ring (bicyclic) bond motifs is 7. The van der Waals surface area contributed by atoms with Crippen LogP contribution in [0.15, 0.2) is 124 Å². The van der Waals surface area contributed by atoms with E-state index in [1.165, 1.54) is 27.3 Å². The number of nitrogens with zero attached hydrogens (tertiary/aromatic N) is 1. The van der Waals surface area contributed by atoms with Gasteiger partial charge in [0.1, 0.15) is 11.5 Å². The number of benzene rings is 4. The Labute approximate surface area is 219 Å². The van der Waals surface area contributed by atoms with Crippen molar-refractivity contribution in [2.24, 2.45) is 0 Å². The fourth-order valence-electron chi connectivity index (χ4n) is 6.66. The summed E-state index contributed by atoms with van der Waals surface area (Å²) in [5.74, 6) is 1.72. The summed E-state index contributed by atoms with van der Waals surface area (Å²) < 4.78 is 21.1. The first-order chi connectivity index (χ1) is 18.9. The first-order valence-corrected chi connectivity index (χ1v) is 12.9. The van der Waals surface area contributed by atoms with E-state index in [0.717, 1.165) is 44.9 Å². The molecule has 0 saturated carbocycles. The van der Waals surface area contributed by atoms with Crippen molar-refractivity contribution in [3.63, 3.8) is 0 Å². The molecule has 5 heterocycles. The smallest absolute Gasteiger partial charge is 0.295 e. The van der Waals surface area contributed by atoms with Crippen molar-refractivity contribution in [3.05, 3.63) is 116 Å². The lowest BCUT2D eigenvalue weighted by Gasteiger charge is -2.31. The second kappa shape index (κ2) is 7.36. The quantitative estimate of drug-likeness (QED) is 0.351. The lowest BCUT2D eigenvalue weighted by molar-refractivity contribution is 0.487. The maximum absolute atomic E-state index is 6.59. The molecule has 3 aromatic heterocycles. The van der Waals surface area contributed by atoms with Gasteiger partial charge in [-0.05, 0) is 70.4 Å². The van der Waals surface area contributed by atoms with Gasteiger partial charge in [0.25, 0.3) is 13.4 Å². The lowest BCUT2D eigenvalue weighted by Crippen LogP contribution is -2.58. The molecule has 0 radical (unpaired) electrons. The van der Waals surface area contributed by atoms with Crippen LogP contribution in [0.25, 0.3) is 27.5 Å². The molecule has 0 bridgehead atoms. The van der Waals surface area contributed by atoms with Crippen molar-refractivity contribution in [2.75, 3.05) is 0 Å². The number of hydrogen-bond donors (Lipinski definition) is 0. The van der Waals surface area contributed by atoms with Crippen molar-refractivity contribution in [2.45, 2.75) is 0 Å². The average Bonchev–Trinajstić information content (AvgIpc) is 3.73. The summed E-state index contributed by atoms with van der Waals surface area (Å²) in [6.45, 7) is -0.111. The molecule has 0 spiro atoms. The Hall–Kier alpha value is -4.83. The SMILES string of the molecule is c1coc(B2c3ccccc3Oc3cc4c(cc32)-n2c3ccccc3c3cccc(c32)B4c2ccco2)c1. The molecule has 0 aliphatic carbocycles. The van der Waals surface area contributed by atoms with Crippen LogP contribution in [0.1, 0.15) is 0 Å². The average molecular weight is 487 g/mol. The highest BCUT2D eigenvalue weighted by Gasteiger charge is 2.40. The predicted molar refractivity (Wildman–Crippen MR) is 154 cm³/mol. The van der Waals surface area contributed by atoms with Crippen molar-refractivity contribution in [1.29, 1.82) is 0 Å². The molecule has 0 amide bonds. The lowest BCUT2D eigenvalue weighted by atomic mass is 9.35. The zero-order chi connectivity index (χ0) is 24.8. The third-order valence-electron chi connectivity index (χ3n) is 8.16. The molecule has 9 rings (SSSR count). The third kappa shape index (κ3) is 2.57. The Balaban J connectivity index is 1.42. The minimum absolute atomic E-state index is 0.0476. The van der Waals surface area contributed by atoms with Crippen molar-refractivity contribution in [3.8, 4) is 17.2 Å². The van der Waals surface area contributed by atoms with E-state index in [0.29, 0.717) is 0 Å². The van der Waals surface area contributed by atoms with Crippen molar-refractivity contribution >= 4 is 68.4 Å². The summed E-state index contributed by atoms with van der Waals surface area (Å²) in [7, 11) is 0. The molecule has 0 saturated heterocycles. The van der Waals surface area contributed by atoms with Crippen LogP contribution >= 0.6 is 0 Å². The minimum atomic E-state index is -0.0631. The molecule has 4 nitrogen and oxygen atoms in total. The number of aromatic nitrogens is 1. The summed E-state index contributed by atoms with van der Waals surface area (Å²) in [4.78, 5) is 0. The summed E-state index contributed by atoms with van der Waals surface area (Å²) in [5, 5.41) is 2.50. The van der Waals surface area contributed by atoms with Gasteiger partial charge in [-0.2, -0.15) is 0 Å². The number of ether oxygens (including phenoxy) is 1. The molecule has 38 heavy (non-hydrogen) atoms. The van der Waals surface area contributed by atoms with Gasteiger partial charge in [-0.1, -0.05) is 54.6 Å². The fraction of sp³-hybridized carbons (Fsp3) is 0. The van der Waals surface area contributed by atoms with Crippen LogP contribution in [0.2, 0.25) is 0 Å². The first kappa shape index (κ1) is 20.3. The number of para-hydroxylation sites is 3. The van der Waals surface area contributed by atoms with E-state index in [-0.39, 0.29) is 13.4 Å². The van der Waals surface area contributed by atoms with Gasteiger partial charge in [-0.25, -0.2) is 0 Å². The van der Waals surface area contributed by atoms with Gasteiger partial charge in [0.15, 0.2) is 0 Å². The van der Waals surface area contributed by atoms with E-state index in [1.54, 1.807) is 12.5 Å². The highest BCUT2D eigenvalue weighted by molar-refractivity contribution is 6.98. The normalized spacial score (nSPS) is 13.4. The molecular formula is C32H19B2NO3. The third-order valence-corrected chi connectivity index (χ3v) is 8.16. The number of hydrogen-bond acceptors (Lipinski definition) is 3. The molecule has 4 aromatic carbocycles. The Bertz CT molecular complexity index is 2020. The number of furan rings is 2. The van der Waals surface area contributed by atoms with E-state index in [2.05, 4.69) is 83.4 Å². The molecule has 0 N–H and O–H groups in total. The molecule has 0 unspecified atom stereocenters. The van der Waals surface area contributed by atoms with Gasteiger partial charge in [-0.3, -0.25) is 0 Å². The van der Waals surface area contributed by atoms with Gasteiger partial charge in [0.05, 0.1) is 29.4 Å². The minimum Gasteiger partial charge on any atom is -0.479 e. The highest BCUT2D eigenvalue weighted by Crippen LogP contribution is 2.34. The second-order valence-corrected chi connectivity index (χ2v) is 10.1. The van der Waals surface area contributed by atoms with E-state index in [9.17, 15) is 0 Å². The first-order valence-electron chi connectivity index (χ1n) is 12.9. The van der Waals surface area contributed by atoms with E-state index in [1.807, 2.05) is 24.3 Å². The molecule has 176 valence electrons. The highest BCUT2D eigenvalue weighted by atomic mass is 16.5. The molecule has 6 heteroatoms. The van der Waals surface area contributed by atoms with Crippen LogP contribution in [-0.4, -0.2) is 18.0 Å². The summed E-state index contributed by atoms with van der Waals surface area (Å²) in [6.07, 6.45) is 3.51. The van der Waals surface area contributed by atoms with Gasteiger partial charge >= 0.3 is 0 Å². The molecule has 0 atom stereocenters. The van der Waals surface area contributed by atoms with Crippen molar-refractivity contribution in [1.82, 2.24) is 4.57 Å². The summed E-state index contributed by atoms with van der Waals surface area (Å²) in [6, 6.07) is 36.1. The van der Waals surface area contributed by atoms with E-state index >= 15 is 0 Å². The number of rotatable bonds is 2. The molecule has 2 aliphatic rings. The summed E-state index contributed by atoms with van der Waals surface area (Å²) in [5.41, 5.74) is 10.0. The van der Waals surface area contributed by atoms with Gasteiger partial charge in [0, 0.05) is 22.0 Å². The van der Waals surface area contributed by atoms with Crippen LogP contribution in [0.3, 0.4) is 0 Å². The molecule has 0 fully saturated rings. The van der Waals surface area contributed by atoms with Gasteiger partial charge in [-0.15, -0.1) is 0 Å². The van der Waals surface area contributed by atoms with Gasteiger partial charge < -0.3 is 18.1 Å². The second-order valence-electron chi connectivity index (χ2n) is 10.1. The maximum atomic E-state index is 6.59. The Morgan fingerprint density at radius 1 is 0.526 bits per heavy atom. The van der Waals surface area contributed by atoms with Crippen molar-refractivity contribution < 1.29 is 13.6 Å². The van der Waals surface area contributed by atoms with Crippen LogP contribution in [0.5, 0.6) is 11.5 Å². The summed E-state index contributed by atoms with van der Waals surface area (Å²) >= 11 is 0. The fourth-order valence-corrected chi connectivity index (χ4v) is 6.66. The topological polar surface area (TPSA) is 40.4 Å². The Kier molecular flexibility index (Phi) is 3.92. The molecule has 7 aromatic rings. The largest absolute Gasteiger partial charge is 0.479 e. The molecule has 2 aliphatic heterocycles. The van der Waals surface area contributed by atoms with Crippen LogP contribution in [0, 0.1) is 0 Å². The van der Waals surface area contributed by atoms with E-state index < -0.39 is 0 Å². The monoisotopic (exact) mass is 487 g/mol. The zero-order valence-corrected chi connectivity index (χ0v) is 20.3.